The molecule has 148 valence electrons. The maximum absolute atomic E-state index is 8.58. The van der Waals surface area contributed by atoms with Crippen molar-refractivity contribution >= 4 is 17.3 Å². The van der Waals surface area contributed by atoms with Crippen molar-refractivity contribution in [3.8, 4) is 22.3 Å². The van der Waals surface area contributed by atoms with Gasteiger partial charge in [-0.2, -0.15) is 5.10 Å². The minimum Gasteiger partial charge on any atom is -0.372 e. The third-order valence-electron chi connectivity index (χ3n) is 4.86. The minimum absolute atomic E-state index is 0.250. The molecule has 0 radical (unpaired) electrons. The van der Waals surface area contributed by atoms with Crippen LogP contribution < -0.4 is 5.73 Å². The summed E-state index contributed by atoms with van der Waals surface area (Å²) in [7, 11) is 1.93. The summed E-state index contributed by atoms with van der Waals surface area (Å²) in [5.74, 6) is 0. The quantitative estimate of drug-likeness (QED) is 0.538. The predicted molar refractivity (Wildman–Crippen MR) is 116 cm³/mol. The van der Waals surface area contributed by atoms with Gasteiger partial charge in [-0.1, -0.05) is 38.1 Å². The molecule has 3 heterocycles. The average molecular weight is 387 g/mol. The second-order valence-electron chi connectivity index (χ2n) is 6.67. The van der Waals surface area contributed by atoms with Crippen molar-refractivity contribution in [1.82, 2.24) is 19.7 Å². The van der Waals surface area contributed by atoms with Crippen molar-refractivity contribution < 1.29 is 4.79 Å². The Morgan fingerprint density at radius 3 is 2.28 bits per heavy atom. The Kier molecular flexibility index (Phi) is 6.34. The number of aromatic nitrogens is 4. The number of benzene rings is 1. The zero-order valence-corrected chi connectivity index (χ0v) is 17.0. The fraction of sp³-hybridized carbons (Fsp3) is 0.217. The fourth-order valence-electron chi connectivity index (χ4n) is 3.43. The van der Waals surface area contributed by atoms with E-state index in [1.807, 2.05) is 36.5 Å². The van der Waals surface area contributed by atoms with E-state index in [0.717, 1.165) is 40.6 Å². The van der Waals surface area contributed by atoms with Gasteiger partial charge in [-0.25, -0.2) is 0 Å². The van der Waals surface area contributed by atoms with Crippen LogP contribution in [0.15, 0.2) is 55.1 Å². The Morgan fingerprint density at radius 1 is 1.00 bits per heavy atom. The summed E-state index contributed by atoms with van der Waals surface area (Å²) in [5.41, 5.74) is 12.2. The van der Waals surface area contributed by atoms with Gasteiger partial charge in [-0.15, -0.1) is 0 Å². The lowest BCUT2D eigenvalue weighted by molar-refractivity contribution is -0.106. The van der Waals surface area contributed by atoms with Crippen LogP contribution in [-0.2, 0) is 24.7 Å². The molecule has 0 aliphatic rings. The predicted octanol–water partition coefficient (Wildman–Crippen LogP) is 3.92. The van der Waals surface area contributed by atoms with Gasteiger partial charge in [0.15, 0.2) is 0 Å². The molecule has 0 bridgehead atoms. The SMILES string of the molecule is CCc1cc2c(-c3ccc(-c4cnn(C)c4)cc3)cncc2nc1CC.NC=O. The first-order valence-corrected chi connectivity index (χ1v) is 9.62. The van der Waals surface area contributed by atoms with Crippen molar-refractivity contribution in [1.29, 1.82) is 0 Å². The van der Waals surface area contributed by atoms with Crippen LogP contribution in [0.1, 0.15) is 25.1 Å². The summed E-state index contributed by atoms with van der Waals surface area (Å²) in [5, 5.41) is 5.42. The number of fused-ring (bicyclic) bond motifs is 1. The van der Waals surface area contributed by atoms with E-state index >= 15 is 0 Å². The average Bonchev–Trinajstić information content (AvgIpc) is 3.19. The van der Waals surface area contributed by atoms with Gasteiger partial charge in [0.05, 0.1) is 17.9 Å². The van der Waals surface area contributed by atoms with E-state index < -0.39 is 0 Å². The second kappa shape index (κ2) is 9.10. The standard InChI is InChI=1S/C22H22N4.CH3NO/c1-4-15-10-19-20(12-23-13-22(19)25-21(15)5-2)17-8-6-16(7-9-17)18-11-24-26(3)14-18;2-1-3/h6-14H,4-5H2,1-3H3;1H,(H2,2,3). The summed E-state index contributed by atoms with van der Waals surface area (Å²) in [6.45, 7) is 4.34. The lowest BCUT2D eigenvalue weighted by Gasteiger charge is -2.11. The number of carbonyl (C=O) groups is 1. The van der Waals surface area contributed by atoms with E-state index in [1.54, 1.807) is 0 Å². The molecule has 4 rings (SSSR count). The van der Waals surface area contributed by atoms with E-state index in [1.165, 1.54) is 16.6 Å². The number of hydrogen-bond acceptors (Lipinski definition) is 4. The Labute approximate surface area is 170 Å². The number of nitrogens with two attached hydrogens (primary N) is 1. The molecular formula is C23H25N5O. The highest BCUT2D eigenvalue weighted by Crippen LogP contribution is 2.30. The largest absolute Gasteiger partial charge is 0.372 e. The molecule has 0 saturated carbocycles. The number of pyridine rings is 2. The molecule has 0 saturated heterocycles. The Balaban J connectivity index is 0.000000755. The van der Waals surface area contributed by atoms with E-state index in [2.05, 4.69) is 60.0 Å². The van der Waals surface area contributed by atoms with Crippen LogP contribution in [0, 0.1) is 0 Å². The zero-order valence-electron chi connectivity index (χ0n) is 17.0. The number of carbonyl (C=O) groups excluding carboxylic acids is 1. The van der Waals surface area contributed by atoms with Crippen LogP contribution in [-0.4, -0.2) is 26.2 Å². The van der Waals surface area contributed by atoms with Crippen molar-refractivity contribution in [2.45, 2.75) is 26.7 Å². The zero-order chi connectivity index (χ0) is 20.8. The normalized spacial score (nSPS) is 10.4. The van der Waals surface area contributed by atoms with Crippen LogP contribution >= 0.6 is 0 Å². The minimum atomic E-state index is 0.250. The van der Waals surface area contributed by atoms with E-state index in [0.29, 0.717) is 0 Å². The van der Waals surface area contributed by atoms with Crippen molar-refractivity contribution in [2.75, 3.05) is 0 Å². The number of primary amides is 1. The highest BCUT2D eigenvalue weighted by atomic mass is 16.1. The Bertz CT molecular complexity index is 1120. The van der Waals surface area contributed by atoms with E-state index in [-0.39, 0.29) is 6.41 Å². The molecule has 29 heavy (non-hydrogen) atoms. The van der Waals surface area contributed by atoms with Crippen LogP contribution in [0.2, 0.25) is 0 Å². The second-order valence-corrected chi connectivity index (χ2v) is 6.67. The number of hydrogen-bond donors (Lipinski definition) is 1. The van der Waals surface area contributed by atoms with Crippen molar-refractivity contribution in [3.05, 3.63) is 66.4 Å². The molecule has 0 aliphatic heterocycles. The Morgan fingerprint density at radius 2 is 1.69 bits per heavy atom. The number of rotatable bonds is 4. The Hall–Kier alpha value is -3.54. The van der Waals surface area contributed by atoms with Crippen LogP contribution in [0.3, 0.4) is 0 Å². The molecular weight excluding hydrogens is 362 g/mol. The fourth-order valence-corrected chi connectivity index (χ4v) is 3.43. The summed E-state index contributed by atoms with van der Waals surface area (Å²) < 4.78 is 1.82. The summed E-state index contributed by atoms with van der Waals surface area (Å²) >= 11 is 0. The topological polar surface area (TPSA) is 86.7 Å². The number of aryl methyl sites for hydroxylation is 3. The smallest absolute Gasteiger partial charge is 0.204 e. The van der Waals surface area contributed by atoms with Crippen LogP contribution in [0.5, 0.6) is 0 Å². The first kappa shape index (κ1) is 20.2. The summed E-state index contributed by atoms with van der Waals surface area (Å²) in [6, 6.07) is 10.9. The molecule has 0 spiro atoms. The third-order valence-corrected chi connectivity index (χ3v) is 4.86. The van der Waals surface area contributed by atoms with Gasteiger partial charge in [-0.3, -0.25) is 19.4 Å². The molecule has 0 fully saturated rings. The molecule has 0 aliphatic carbocycles. The van der Waals surface area contributed by atoms with Gasteiger partial charge < -0.3 is 5.73 Å². The monoisotopic (exact) mass is 387 g/mol. The van der Waals surface area contributed by atoms with E-state index in [4.69, 9.17) is 9.78 Å². The lowest BCUT2D eigenvalue weighted by Crippen LogP contribution is -1.97. The first-order chi connectivity index (χ1) is 14.1. The molecule has 3 aromatic heterocycles. The number of amides is 1. The number of nitrogens with zero attached hydrogens (tertiary/aromatic N) is 4. The van der Waals surface area contributed by atoms with Crippen molar-refractivity contribution in [2.24, 2.45) is 12.8 Å². The van der Waals surface area contributed by atoms with Gasteiger partial charge in [-0.05, 0) is 35.6 Å². The molecule has 6 heteroatoms. The van der Waals surface area contributed by atoms with Gasteiger partial charge in [0.25, 0.3) is 0 Å². The van der Waals surface area contributed by atoms with Gasteiger partial charge >= 0.3 is 0 Å². The summed E-state index contributed by atoms with van der Waals surface area (Å²) in [4.78, 5) is 17.9. The maximum Gasteiger partial charge on any atom is 0.204 e. The molecule has 0 unspecified atom stereocenters. The van der Waals surface area contributed by atoms with Crippen molar-refractivity contribution in [3.63, 3.8) is 0 Å². The van der Waals surface area contributed by atoms with Gasteiger partial charge in [0.2, 0.25) is 6.41 Å². The highest BCUT2D eigenvalue weighted by molar-refractivity contribution is 5.94. The third kappa shape index (κ3) is 4.32. The van der Waals surface area contributed by atoms with E-state index in [9.17, 15) is 0 Å². The highest BCUT2D eigenvalue weighted by Gasteiger charge is 2.10. The van der Waals surface area contributed by atoms with Gasteiger partial charge in [0, 0.05) is 41.6 Å². The lowest BCUT2D eigenvalue weighted by atomic mass is 9.98. The molecule has 0 atom stereocenters. The van der Waals surface area contributed by atoms with Crippen LogP contribution in [0.4, 0.5) is 0 Å². The van der Waals surface area contributed by atoms with Gasteiger partial charge in [0.1, 0.15) is 0 Å². The van der Waals surface area contributed by atoms with Crippen LogP contribution in [0.25, 0.3) is 33.2 Å². The molecule has 1 amide bonds. The molecule has 2 N–H and O–H groups in total. The first-order valence-electron chi connectivity index (χ1n) is 9.62. The summed E-state index contributed by atoms with van der Waals surface area (Å²) in [6.07, 6.45) is 9.91. The maximum atomic E-state index is 8.58. The molecule has 6 nitrogen and oxygen atoms in total. The molecule has 1 aromatic carbocycles. The molecule has 4 aromatic rings.